The van der Waals surface area contributed by atoms with Gasteiger partial charge in [-0.25, -0.2) is 9.59 Å². The molecular formula is C21H31N3O4. The van der Waals surface area contributed by atoms with E-state index in [1.54, 1.807) is 36.1 Å². The molecule has 0 bridgehead atoms. The Balaban J connectivity index is 1.83. The fraction of sp³-hybridized carbons (Fsp3) is 0.571. The average molecular weight is 389 g/mol. The van der Waals surface area contributed by atoms with Crippen molar-refractivity contribution >= 4 is 17.9 Å². The second-order valence-corrected chi connectivity index (χ2v) is 7.73. The third-order valence-electron chi connectivity index (χ3n) is 4.79. The Bertz CT molecular complexity index is 679. The molecule has 1 atom stereocenters. The van der Waals surface area contributed by atoms with E-state index in [2.05, 4.69) is 17.6 Å². The lowest BCUT2D eigenvalue weighted by molar-refractivity contribution is -0.141. The van der Waals surface area contributed by atoms with E-state index in [-0.39, 0.29) is 18.0 Å². The first kappa shape index (κ1) is 21.7. The van der Waals surface area contributed by atoms with Crippen LogP contribution in [0.5, 0.6) is 0 Å². The molecule has 1 heterocycles. The Morgan fingerprint density at radius 2 is 1.71 bits per heavy atom. The van der Waals surface area contributed by atoms with Gasteiger partial charge in [0, 0.05) is 25.7 Å². The fourth-order valence-electron chi connectivity index (χ4n) is 3.02. The van der Waals surface area contributed by atoms with Crippen LogP contribution in [0, 0.1) is 5.92 Å². The summed E-state index contributed by atoms with van der Waals surface area (Å²) >= 11 is 0. The Kier molecular flexibility index (Phi) is 7.84. The predicted molar refractivity (Wildman–Crippen MR) is 107 cm³/mol. The van der Waals surface area contributed by atoms with Gasteiger partial charge in [-0.3, -0.25) is 4.79 Å². The fourth-order valence-corrected chi connectivity index (χ4v) is 3.02. The predicted octanol–water partition coefficient (Wildman–Crippen LogP) is 2.70. The van der Waals surface area contributed by atoms with Crippen molar-refractivity contribution in [3.63, 3.8) is 0 Å². The van der Waals surface area contributed by atoms with Crippen molar-refractivity contribution in [3.8, 4) is 0 Å². The number of nitrogens with zero attached hydrogens (tertiary/aromatic N) is 1. The summed E-state index contributed by atoms with van der Waals surface area (Å²) in [5.74, 6) is -0.0353. The number of esters is 1. The van der Waals surface area contributed by atoms with Crippen molar-refractivity contribution in [2.75, 3.05) is 13.1 Å². The first-order valence-corrected chi connectivity index (χ1v) is 9.89. The maximum atomic E-state index is 12.5. The van der Waals surface area contributed by atoms with Gasteiger partial charge in [-0.05, 0) is 57.2 Å². The van der Waals surface area contributed by atoms with Crippen molar-refractivity contribution in [2.45, 2.75) is 59.2 Å². The molecule has 0 aromatic heterocycles. The van der Waals surface area contributed by atoms with Crippen LogP contribution in [0.4, 0.5) is 4.79 Å². The molecule has 7 heteroatoms. The summed E-state index contributed by atoms with van der Waals surface area (Å²) in [5, 5.41) is 5.49. The van der Waals surface area contributed by atoms with Crippen LogP contribution in [0.2, 0.25) is 0 Å². The molecule has 3 amide bonds. The first-order chi connectivity index (χ1) is 13.3. The summed E-state index contributed by atoms with van der Waals surface area (Å²) in [7, 11) is 0. The lowest BCUT2D eigenvalue weighted by atomic mass is 9.99. The van der Waals surface area contributed by atoms with E-state index >= 15 is 0 Å². The van der Waals surface area contributed by atoms with E-state index < -0.39 is 12.1 Å². The lowest BCUT2D eigenvalue weighted by Gasteiger charge is -2.31. The summed E-state index contributed by atoms with van der Waals surface area (Å²) in [6.45, 7) is 9.36. The molecule has 0 spiro atoms. The van der Waals surface area contributed by atoms with E-state index in [9.17, 15) is 14.4 Å². The molecule has 28 heavy (non-hydrogen) atoms. The number of ether oxygens (including phenoxy) is 1. The van der Waals surface area contributed by atoms with Gasteiger partial charge in [0.1, 0.15) is 0 Å². The highest BCUT2D eigenvalue weighted by Gasteiger charge is 2.27. The highest BCUT2D eigenvalue weighted by atomic mass is 16.5. The van der Waals surface area contributed by atoms with Crippen LogP contribution in [-0.2, 0) is 16.1 Å². The van der Waals surface area contributed by atoms with Crippen LogP contribution in [0.25, 0.3) is 0 Å². The van der Waals surface area contributed by atoms with Crippen LogP contribution >= 0.6 is 0 Å². The standard InChI is InChI=1S/C21H31N3O4/c1-14(2)23-21(27)22-13-17-5-7-18(8-6-17)20(26)28-16(4)19(25)24-11-9-15(3)10-12-24/h5-8,14-16H,9-13H2,1-4H3,(H2,22,23,27)/t16-/m0/s1. The number of carbonyl (C=O) groups is 3. The number of hydrogen-bond donors (Lipinski definition) is 2. The second kappa shape index (κ2) is 10.1. The third-order valence-corrected chi connectivity index (χ3v) is 4.79. The molecule has 0 unspecified atom stereocenters. The smallest absolute Gasteiger partial charge is 0.338 e. The molecule has 2 N–H and O–H groups in total. The number of hydrogen-bond acceptors (Lipinski definition) is 4. The zero-order valence-corrected chi connectivity index (χ0v) is 17.2. The van der Waals surface area contributed by atoms with Crippen LogP contribution < -0.4 is 10.6 Å². The Morgan fingerprint density at radius 1 is 1.11 bits per heavy atom. The van der Waals surface area contributed by atoms with Crippen LogP contribution in [0.3, 0.4) is 0 Å². The SMILES string of the molecule is CC1CCN(C(=O)[C@H](C)OC(=O)c2ccc(CNC(=O)NC(C)C)cc2)CC1. The molecule has 1 aromatic rings. The highest BCUT2D eigenvalue weighted by Crippen LogP contribution is 2.17. The molecule has 1 fully saturated rings. The van der Waals surface area contributed by atoms with E-state index in [0.29, 0.717) is 31.1 Å². The summed E-state index contributed by atoms with van der Waals surface area (Å²) in [6.07, 6.45) is 1.16. The molecular weight excluding hydrogens is 358 g/mol. The normalized spacial score (nSPS) is 15.8. The second-order valence-electron chi connectivity index (χ2n) is 7.73. The Morgan fingerprint density at radius 3 is 2.29 bits per heavy atom. The minimum absolute atomic E-state index is 0.0650. The molecule has 1 aliphatic heterocycles. The molecule has 1 aromatic carbocycles. The number of piperidine rings is 1. The zero-order chi connectivity index (χ0) is 20.7. The number of nitrogens with one attached hydrogen (secondary N) is 2. The third kappa shape index (κ3) is 6.55. The Hall–Kier alpha value is -2.57. The molecule has 1 aliphatic rings. The zero-order valence-electron chi connectivity index (χ0n) is 17.2. The number of rotatable bonds is 6. The molecule has 0 saturated carbocycles. The van der Waals surface area contributed by atoms with E-state index in [1.807, 2.05) is 13.8 Å². The monoisotopic (exact) mass is 389 g/mol. The maximum Gasteiger partial charge on any atom is 0.338 e. The molecule has 154 valence electrons. The van der Waals surface area contributed by atoms with Crippen molar-refractivity contribution in [1.29, 1.82) is 0 Å². The average Bonchev–Trinajstić information content (AvgIpc) is 2.66. The minimum Gasteiger partial charge on any atom is -0.449 e. The van der Waals surface area contributed by atoms with Gasteiger partial charge in [-0.1, -0.05) is 19.1 Å². The molecule has 0 aliphatic carbocycles. The highest BCUT2D eigenvalue weighted by molar-refractivity contribution is 5.92. The first-order valence-electron chi connectivity index (χ1n) is 9.89. The number of benzene rings is 1. The summed E-state index contributed by atoms with van der Waals surface area (Å²) in [6, 6.07) is 6.61. The molecule has 2 rings (SSSR count). The van der Waals surface area contributed by atoms with Crippen LogP contribution in [0.15, 0.2) is 24.3 Å². The van der Waals surface area contributed by atoms with E-state index in [0.717, 1.165) is 18.4 Å². The number of urea groups is 1. The summed E-state index contributed by atoms with van der Waals surface area (Å²) < 4.78 is 5.35. The quantitative estimate of drug-likeness (QED) is 0.732. The van der Waals surface area contributed by atoms with Gasteiger partial charge in [0.25, 0.3) is 5.91 Å². The van der Waals surface area contributed by atoms with Gasteiger partial charge in [-0.15, -0.1) is 0 Å². The van der Waals surface area contributed by atoms with Gasteiger partial charge >= 0.3 is 12.0 Å². The van der Waals surface area contributed by atoms with Crippen molar-refractivity contribution in [1.82, 2.24) is 15.5 Å². The van der Waals surface area contributed by atoms with Gasteiger partial charge in [0.05, 0.1) is 5.56 Å². The largest absolute Gasteiger partial charge is 0.449 e. The van der Waals surface area contributed by atoms with E-state index in [1.165, 1.54) is 0 Å². The maximum absolute atomic E-state index is 12.5. The van der Waals surface area contributed by atoms with Crippen LogP contribution in [0.1, 0.15) is 56.5 Å². The lowest BCUT2D eigenvalue weighted by Crippen LogP contribution is -2.44. The van der Waals surface area contributed by atoms with Gasteiger partial charge < -0.3 is 20.3 Å². The summed E-state index contributed by atoms with van der Waals surface area (Å²) in [5.41, 5.74) is 1.24. The van der Waals surface area contributed by atoms with Gasteiger partial charge in [0.15, 0.2) is 6.10 Å². The van der Waals surface area contributed by atoms with Crippen LogP contribution in [-0.4, -0.2) is 48.0 Å². The minimum atomic E-state index is -0.804. The number of likely N-dealkylation sites (tertiary alicyclic amines) is 1. The number of carbonyl (C=O) groups excluding carboxylic acids is 3. The number of amides is 3. The van der Waals surface area contributed by atoms with Gasteiger partial charge in [0.2, 0.25) is 0 Å². The molecule has 0 radical (unpaired) electrons. The van der Waals surface area contributed by atoms with Crippen molar-refractivity contribution in [3.05, 3.63) is 35.4 Å². The van der Waals surface area contributed by atoms with Crippen molar-refractivity contribution < 1.29 is 19.1 Å². The molecule has 1 saturated heterocycles. The topological polar surface area (TPSA) is 87.7 Å². The Labute approximate surface area is 166 Å². The van der Waals surface area contributed by atoms with Crippen molar-refractivity contribution in [2.24, 2.45) is 5.92 Å². The van der Waals surface area contributed by atoms with Gasteiger partial charge in [-0.2, -0.15) is 0 Å². The van der Waals surface area contributed by atoms with E-state index in [4.69, 9.17) is 4.74 Å². The summed E-state index contributed by atoms with van der Waals surface area (Å²) in [4.78, 5) is 38.1. The molecule has 7 nitrogen and oxygen atoms in total.